The molecule has 0 bridgehead atoms. The Labute approximate surface area is 158 Å². The maximum absolute atomic E-state index is 12.8. The van der Waals surface area contributed by atoms with Crippen LogP contribution >= 0.6 is 11.6 Å². The fourth-order valence-electron chi connectivity index (χ4n) is 2.96. The van der Waals surface area contributed by atoms with Crippen LogP contribution in [-0.2, 0) is 17.8 Å². The highest BCUT2D eigenvalue weighted by Gasteiger charge is 2.17. The molecule has 27 heavy (non-hydrogen) atoms. The van der Waals surface area contributed by atoms with E-state index in [9.17, 15) is 9.59 Å². The molecule has 0 saturated carbocycles. The van der Waals surface area contributed by atoms with E-state index in [4.69, 9.17) is 11.6 Å². The van der Waals surface area contributed by atoms with E-state index >= 15 is 0 Å². The van der Waals surface area contributed by atoms with Gasteiger partial charge in [-0.1, -0.05) is 11.6 Å². The molecule has 4 aromatic rings. The number of pyridine rings is 1. The second-order valence-corrected chi connectivity index (χ2v) is 6.58. The molecule has 0 saturated heterocycles. The zero-order valence-electron chi connectivity index (χ0n) is 14.4. The van der Waals surface area contributed by atoms with Crippen molar-refractivity contribution in [3.63, 3.8) is 0 Å². The van der Waals surface area contributed by atoms with Crippen molar-refractivity contribution in [1.29, 1.82) is 0 Å². The van der Waals surface area contributed by atoms with E-state index in [-0.39, 0.29) is 24.3 Å². The molecule has 0 unspecified atom stereocenters. The third-order valence-corrected chi connectivity index (χ3v) is 4.57. The number of nitrogens with zero attached hydrogens (tertiary/aromatic N) is 5. The van der Waals surface area contributed by atoms with Gasteiger partial charge < -0.3 is 0 Å². The van der Waals surface area contributed by atoms with Crippen LogP contribution in [0, 0.1) is 6.92 Å². The first-order valence-corrected chi connectivity index (χ1v) is 8.60. The Morgan fingerprint density at radius 1 is 1.26 bits per heavy atom. The van der Waals surface area contributed by atoms with Crippen LogP contribution in [0.15, 0.2) is 47.9 Å². The number of aromatic nitrogens is 6. The summed E-state index contributed by atoms with van der Waals surface area (Å²) < 4.78 is 2.89. The topological polar surface area (TPSA) is 98.5 Å². The lowest BCUT2D eigenvalue weighted by molar-refractivity contribution is -0.119. The second-order valence-electron chi connectivity index (χ2n) is 6.15. The lowest BCUT2D eigenvalue weighted by atomic mass is 10.1. The molecule has 0 fully saturated rings. The molecule has 0 aliphatic heterocycles. The highest BCUT2D eigenvalue weighted by Crippen LogP contribution is 2.19. The van der Waals surface area contributed by atoms with Crippen molar-refractivity contribution in [2.75, 3.05) is 0 Å². The maximum atomic E-state index is 12.8. The summed E-state index contributed by atoms with van der Waals surface area (Å²) in [5.74, 6) is -0.0574. The Balaban J connectivity index is 1.75. The van der Waals surface area contributed by atoms with Gasteiger partial charge in [0.05, 0.1) is 16.6 Å². The van der Waals surface area contributed by atoms with Crippen molar-refractivity contribution in [1.82, 2.24) is 29.5 Å². The van der Waals surface area contributed by atoms with Gasteiger partial charge in [-0.2, -0.15) is 5.10 Å². The summed E-state index contributed by atoms with van der Waals surface area (Å²) in [6.45, 7) is 1.92. The summed E-state index contributed by atoms with van der Waals surface area (Å²) in [6, 6.07) is 6.91. The number of H-pyrrole nitrogens is 1. The van der Waals surface area contributed by atoms with Gasteiger partial charge in [0, 0.05) is 28.9 Å². The molecule has 4 rings (SSSR count). The van der Waals surface area contributed by atoms with E-state index in [1.54, 1.807) is 24.3 Å². The number of rotatable bonds is 5. The van der Waals surface area contributed by atoms with Crippen LogP contribution in [0.1, 0.15) is 11.3 Å². The summed E-state index contributed by atoms with van der Waals surface area (Å²) in [5, 5.41) is 8.06. The van der Waals surface area contributed by atoms with Gasteiger partial charge in [0.2, 0.25) is 0 Å². The minimum Gasteiger partial charge on any atom is -0.297 e. The number of benzene rings is 1. The molecule has 8 nitrogen and oxygen atoms in total. The van der Waals surface area contributed by atoms with E-state index in [0.717, 1.165) is 0 Å². The summed E-state index contributed by atoms with van der Waals surface area (Å²) >= 11 is 5.92. The van der Waals surface area contributed by atoms with Crippen LogP contribution in [0.25, 0.3) is 16.6 Å². The largest absolute Gasteiger partial charge is 0.297 e. The molecule has 0 aliphatic rings. The number of carbonyl (C=O) groups is 1. The lowest BCUT2D eigenvalue weighted by Gasteiger charge is -2.06. The van der Waals surface area contributed by atoms with E-state index in [1.165, 1.54) is 28.2 Å². The predicted molar refractivity (Wildman–Crippen MR) is 100 cm³/mol. The number of hydrogen-bond donors (Lipinski definition) is 1. The number of aryl methyl sites for hydroxylation is 1. The molecule has 1 N–H and O–H groups in total. The smallest absolute Gasteiger partial charge is 0.280 e. The Kier molecular flexibility index (Phi) is 4.33. The number of halogens is 1. The van der Waals surface area contributed by atoms with Crippen molar-refractivity contribution in [2.24, 2.45) is 0 Å². The van der Waals surface area contributed by atoms with Gasteiger partial charge in [0.1, 0.15) is 19.2 Å². The van der Waals surface area contributed by atoms with Crippen LogP contribution in [-0.4, -0.2) is 35.3 Å². The summed E-state index contributed by atoms with van der Waals surface area (Å²) in [6.07, 6.45) is 4.53. The van der Waals surface area contributed by atoms with Crippen molar-refractivity contribution < 1.29 is 4.79 Å². The molecule has 136 valence electrons. The third kappa shape index (κ3) is 3.26. The van der Waals surface area contributed by atoms with E-state index in [2.05, 4.69) is 20.2 Å². The van der Waals surface area contributed by atoms with Crippen LogP contribution in [0.4, 0.5) is 0 Å². The summed E-state index contributed by atoms with van der Waals surface area (Å²) in [7, 11) is 0. The van der Waals surface area contributed by atoms with E-state index < -0.39 is 0 Å². The quantitative estimate of drug-likeness (QED) is 0.569. The number of nitrogens with one attached hydrogen (secondary N) is 1. The standard InChI is InChI=1S/C18H15ClN6O2/c1-11-15(6-14(26)8-24-10-20-9-22-24)17-16(7-21-11)18(27)25(23-17)13-4-2-12(19)3-5-13/h2-5,7,9-10,23H,6,8H2,1H3. The minimum atomic E-state index is -0.232. The first-order chi connectivity index (χ1) is 13.0. The predicted octanol–water partition coefficient (Wildman–Crippen LogP) is 2.08. The number of fused-ring (bicyclic) bond motifs is 1. The fourth-order valence-corrected chi connectivity index (χ4v) is 3.08. The van der Waals surface area contributed by atoms with E-state index in [1.807, 2.05) is 6.92 Å². The Morgan fingerprint density at radius 2 is 2.04 bits per heavy atom. The maximum Gasteiger partial charge on any atom is 0.280 e. The summed E-state index contributed by atoms with van der Waals surface area (Å²) in [4.78, 5) is 33.3. The average Bonchev–Trinajstić information content (AvgIpc) is 3.26. The minimum absolute atomic E-state index is 0.0574. The normalized spacial score (nSPS) is 11.2. The summed E-state index contributed by atoms with van der Waals surface area (Å²) in [5.41, 5.74) is 2.42. The highest BCUT2D eigenvalue weighted by atomic mass is 35.5. The third-order valence-electron chi connectivity index (χ3n) is 4.32. The zero-order chi connectivity index (χ0) is 19.0. The highest BCUT2D eigenvalue weighted by molar-refractivity contribution is 6.30. The number of hydrogen-bond acceptors (Lipinski definition) is 5. The van der Waals surface area contributed by atoms with Crippen LogP contribution in [0.2, 0.25) is 5.02 Å². The molecular formula is C18H15ClN6O2. The molecule has 0 amide bonds. The first kappa shape index (κ1) is 17.2. The van der Waals surface area contributed by atoms with Crippen molar-refractivity contribution in [3.05, 3.63) is 69.8 Å². The van der Waals surface area contributed by atoms with E-state index in [0.29, 0.717) is 32.9 Å². The monoisotopic (exact) mass is 382 g/mol. The number of carbonyl (C=O) groups excluding carboxylic acids is 1. The number of ketones is 1. The molecule has 3 heterocycles. The van der Waals surface area contributed by atoms with Crippen LogP contribution in [0.5, 0.6) is 0 Å². The molecule has 0 aliphatic carbocycles. The lowest BCUT2D eigenvalue weighted by Crippen LogP contribution is -2.14. The van der Waals surface area contributed by atoms with Gasteiger partial charge in [-0.25, -0.2) is 14.3 Å². The average molecular weight is 383 g/mol. The van der Waals surface area contributed by atoms with Crippen LogP contribution < -0.4 is 5.56 Å². The fraction of sp³-hybridized carbons (Fsp3) is 0.167. The Hall–Kier alpha value is -3.26. The molecule has 3 aromatic heterocycles. The van der Waals surface area contributed by atoms with Crippen molar-refractivity contribution >= 4 is 28.3 Å². The SMILES string of the molecule is Cc1ncc2c(=O)n(-c3ccc(Cl)cc3)[nH]c2c1CC(=O)Cn1cncn1. The molecule has 0 radical (unpaired) electrons. The Morgan fingerprint density at radius 3 is 2.74 bits per heavy atom. The molecule has 1 aromatic carbocycles. The van der Waals surface area contributed by atoms with Crippen molar-refractivity contribution in [2.45, 2.75) is 19.9 Å². The van der Waals surface area contributed by atoms with Gasteiger partial charge in [0.25, 0.3) is 5.56 Å². The molecular weight excluding hydrogens is 368 g/mol. The van der Waals surface area contributed by atoms with Gasteiger partial charge in [-0.15, -0.1) is 0 Å². The zero-order valence-corrected chi connectivity index (χ0v) is 15.1. The first-order valence-electron chi connectivity index (χ1n) is 8.22. The van der Waals surface area contributed by atoms with Crippen molar-refractivity contribution in [3.8, 4) is 5.69 Å². The second kappa shape index (κ2) is 6.81. The molecule has 0 atom stereocenters. The molecule has 0 spiro atoms. The Bertz CT molecular complexity index is 1180. The number of Topliss-reactive ketones (excluding diaryl/α,β-unsaturated/α-hetero) is 1. The van der Waals surface area contributed by atoms with Gasteiger partial charge in [0.15, 0.2) is 5.78 Å². The van der Waals surface area contributed by atoms with Crippen LogP contribution in [0.3, 0.4) is 0 Å². The molecule has 9 heteroatoms. The number of aromatic amines is 1. The van der Waals surface area contributed by atoms with Gasteiger partial charge in [-0.3, -0.25) is 19.7 Å². The van der Waals surface area contributed by atoms with Gasteiger partial charge >= 0.3 is 0 Å². The van der Waals surface area contributed by atoms with Gasteiger partial charge in [-0.05, 0) is 31.2 Å².